The van der Waals surface area contributed by atoms with Gasteiger partial charge in [0.2, 0.25) is 5.91 Å². The lowest BCUT2D eigenvalue weighted by atomic mass is 10.0. The van der Waals surface area contributed by atoms with Gasteiger partial charge in [0.15, 0.2) is 9.84 Å². The standard InChI is InChI=1S/C8H16N2O3S/c1-6(9)7(11)10-8(2)3-4-14(12,13)5-8/h6H,3-5,9H2,1-2H3,(H,10,11)/t6-,8?/m0/s1. The fraction of sp³-hybridized carbons (Fsp3) is 0.875. The number of carbonyl (C=O) groups excluding carboxylic acids is 1. The van der Waals surface area contributed by atoms with E-state index in [4.69, 9.17) is 5.73 Å². The number of nitrogens with one attached hydrogen (secondary N) is 1. The highest BCUT2D eigenvalue weighted by Crippen LogP contribution is 2.22. The predicted octanol–water partition coefficient (Wildman–Crippen LogP) is -0.973. The van der Waals surface area contributed by atoms with Crippen LogP contribution in [0.4, 0.5) is 0 Å². The molecule has 0 saturated carbocycles. The Kier molecular flexibility index (Phi) is 2.87. The number of hydrogen-bond acceptors (Lipinski definition) is 4. The molecule has 1 rings (SSSR count). The highest BCUT2D eigenvalue weighted by molar-refractivity contribution is 7.91. The highest BCUT2D eigenvalue weighted by Gasteiger charge is 2.39. The minimum absolute atomic E-state index is 0.0124. The monoisotopic (exact) mass is 220 g/mol. The summed E-state index contributed by atoms with van der Waals surface area (Å²) in [4.78, 5) is 11.3. The number of sulfone groups is 1. The van der Waals surface area contributed by atoms with Crippen LogP contribution in [-0.2, 0) is 14.6 Å². The van der Waals surface area contributed by atoms with Gasteiger partial charge < -0.3 is 11.1 Å². The summed E-state index contributed by atoms with van der Waals surface area (Å²) >= 11 is 0. The van der Waals surface area contributed by atoms with Crippen molar-refractivity contribution in [3.05, 3.63) is 0 Å². The predicted molar refractivity (Wildman–Crippen MR) is 53.5 cm³/mol. The summed E-state index contributed by atoms with van der Waals surface area (Å²) in [5.74, 6) is -0.147. The number of nitrogens with two attached hydrogens (primary N) is 1. The van der Waals surface area contributed by atoms with Crippen molar-refractivity contribution in [2.24, 2.45) is 5.73 Å². The minimum atomic E-state index is -2.98. The first-order valence-corrected chi connectivity index (χ1v) is 6.34. The maximum Gasteiger partial charge on any atom is 0.237 e. The summed E-state index contributed by atoms with van der Waals surface area (Å²) in [6.07, 6.45) is 0.466. The molecule has 0 aromatic carbocycles. The zero-order chi connectivity index (χ0) is 11.0. The molecule has 14 heavy (non-hydrogen) atoms. The zero-order valence-corrected chi connectivity index (χ0v) is 9.23. The molecule has 6 heteroatoms. The van der Waals surface area contributed by atoms with Crippen LogP contribution in [0.2, 0.25) is 0 Å². The largest absolute Gasteiger partial charge is 0.349 e. The molecule has 3 N–H and O–H groups in total. The first-order chi connectivity index (χ1) is 6.24. The van der Waals surface area contributed by atoms with Crippen LogP contribution in [0, 0.1) is 0 Å². The second-order valence-corrected chi connectivity index (χ2v) is 6.36. The molecule has 2 atom stereocenters. The summed E-state index contributed by atoms with van der Waals surface area (Å²) in [5, 5.41) is 2.67. The molecule has 5 nitrogen and oxygen atoms in total. The van der Waals surface area contributed by atoms with Crippen molar-refractivity contribution in [2.75, 3.05) is 11.5 Å². The highest BCUT2D eigenvalue weighted by atomic mass is 32.2. The van der Waals surface area contributed by atoms with Gasteiger partial charge in [0.1, 0.15) is 0 Å². The summed E-state index contributed by atoms with van der Waals surface area (Å²) in [6, 6.07) is -0.602. The summed E-state index contributed by atoms with van der Waals surface area (Å²) in [7, 11) is -2.98. The Labute approximate surface area is 84.0 Å². The number of carbonyl (C=O) groups is 1. The van der Waals surface area contributed by atoms with Crippen LogP contribution in [0.15, 0.2) is 0 Å². The molecule has 0 spiro atoms. The fourth-order valence-electron chi connectivity index (χ4n) is 1.52. The third-order valence-corrected chi connectivity index (χ3v) is 4.24. The number of amides is 1. The molecule has 0 aliphatic carbocycles. The van der Waals surface area contributed by atoms with Gasteiger partial charge in [-0.1, -0.05) is 0 Å². The van der Waals surface area contributed by atoms with Crippen molar-refractivity contribution in [2.45, 2.75) is 31.8 Å². The van der Waals surface area contributed by atoms with E-state index in [0.717, 1.165) is 0 Å². The Balaban J connectivity index is 2.66. The molecule has 1 heterocycles. The third kappa shape index (κ3) is 2.68. The second kappa shape index (κ2) is 3.51. The molecule has 1 saturated heterocycles. The summed E-state index contributed by atoms with van der Waals surface area (Å²) in [5.41, 5.74) is 4.74. The van der Waals surface area contributed by atoms with Crippen molar-refractivity contribution in [3.63, 3.8) is 0 Å². The first kappa shape index (κ1) is 11.5. The van der Waals surface area contributed by atoms with Gasteiger partial charge in [-0.15, -0.1) is 0 Å². The van der Waals surface area contributed by atoms with E-state index >= 15 is 0 Å². The lowest BCUT2D eigenvalue weighted by Gasteiger charge is -2.24. The molecule has 82 valence electrons. The van der Waals surface area contributed by atoms with Crippen LogP contribution >= 0.6 is 0 Å². The van der Waals surface area contributed by atoms with E-state index in [1.807, 2.05) is 0 Å². The maximum atomic E-state index is 11.3. The molecule has 0 bridgehead atoms. The van der Waals surface area contributed by atoms with Gasteiger partial charge in [0.05, 0.1) is 23.1 Å². The minimum Gasteiger partial charge on any atom is -0.349 e. The molecular weight excluding hydrogens is 204 g/mol. The van der Waals surface area contributed by atoms with Gasteiger partial charge in [-0.3, -0.25) is 4.79 Å². The topological polar surface area (TPSA) is 89.3 Å². The number of rotatable bonds is 2. The van der Waals surface area contributed by atoms with E-state index in [9.17, 15) is 13.2 Å². The molecule has 1 fully saturated rings. The average molecular weight is 220 g/mol. The molecule has 1 aliphatic rings. The molecule has 0 aromatic rings. The van der Waals surface area contributed by atoms with Gasteiger partial charge in [-0.05, 0) is 20.3 Å². The average Bonchev–Trinajstić information content (AvgIpc) is 2.25. The van der Waals surface area contributed by atoms with Crippen LogP contribution in [0.25, 0.3) is 0 Å². The van der Waals surface area contributed by atoms with Gasteiger partial charge in [0.25, 0.3) is 0 Å². The Morgan fingerprint density at radius 2 is 2.14 bits per heavy atom. The molecule has 0 aromatic heterocycles. The quantitative estimate of drug-likeness (QED) is 0.626. The first-order valence-electron chi connectivity index (χ1n) is 4.52. The maximum absolute atomic E-state index is 11.3. The van der Waals surface area contributed by atoms with Crippen LogP contribution in [0.5, 0.6) is 0 Å². The van der Waals surface area contributed by atoms with Crippen molar-refractivity contribution >= 4 is 15.7 Å². The van der Waals surface area contributed by atoms with Crippen molar-refractivity contribution in [1.82, 2.24) is 5.32 Å². The van der Waals surface area contributed by atoms with E-state index in [2.05, 4.69) is 5.32 Å². The Hall–Kier alpha value is -0.620. The lowest BCUT2D eigenvalue weighted by Crippen LogP contribution is -2.51. The van der Waals surface area contributed by atoms with Crippen LogP contribution in [-0.4, -0.2) is 37.4 Å². The lowest BCUT2D eigenvalue weighted by molar-refractivity contribution is -0.123. The van der Waals surface area contributed by atoms with E-state index < -0.39 is 21.4 Å². The Bertz CT molecular complexity index is 336. The van der Waals surface area contributed by atoms with Crippen LogP contribution in [0.3, 0.4) is 0 Å². The molecule has 0 radical (unpaired) electrons. The van der Waals surface area contributed by atoms with E-state index in [1.54, 1.807) is 13.8 Å². The van der Waals surface area contributed by atoms with Gasteiger partial charge in [-0.2, -0.15) is 0 Å². The van der Waals surface area contributed by atoms with Crippen molar-refractivity contribution < 1.29 is 13.2 Å². The summed E-state index contributed by atoms with van der Waals surface area (Å²) < 4.78 is 22.4. The Morgan fingerprint density at radius 1 is 1.57 bits per heavy atom. The Morgan fingerprint density at radius 3 is 2.50 bits per heavy atom. The molecule has 1 amide bonds. The van der Waals surface area contributed by atoms with Crippen LogP contribution < -0.4 is 11.1 Å². The molecule has 1 aliphatic heterocycles. The van der Waals surface area contributed by atoms with E-state index in [-0.39, 0.29) is 17.4 Å². The smallest absolute Gasteiger partial charge is 0.237 e. The van der Waals surface area contributed by atoms with Crippen molar-refractivity contribution in [3.8, 4) is 0 Å². The van der Waals surface area contributed by atoms with Gasteiger partial charge in [-0.25, -0.2) is 8.42 Å². The number of hydrogen-bond donors (Lipinski definition) is 2. The van der Waals surface area contributed by atoms with Crippen LogP contribution in [0.1, 0.15) is 20.3 Å². The molecular formula is C8H16N2O3S. The summed E-state index contributed by atoms with van der Waals surface area (Å²) in [6.45, 7) is 3.31. The van der Waals surface area contributed by atoms with E-state index in [0.29, 0.717) is 6.42 Å². The van der Waals surface area contributed by atoms with Gasteiger partial charge in [0, 0.05) is 0 Å². The van der Waals surface area contributed by atoms with Gasteiger partial charge >= 0.3 is 0 Å². The third-order valence-electron chi connectivity index (χ3n) is 2.34. The van der Waals surface area contributed by atoms with E-state index in [1.165, 1.54) is 0 Å². The van der Waals surface area contributed by atoms with Crippen molar-refractivity contribution in [1.29, 1.82) is 0 Å². The normalized spacial score (nSPS) is 32.5. The zero-order valence-electron chi connectivity index (χ0n) is 8.41. The fourth-order valence-corrected chi connectivity index (χ4v) is 3.61. The SMILES string of the molecule is C[C@H](N)C(=O)NC1(C)CCS(=O)(=O)C1. The molecule has 1 unspecified atom stereocenters. The second-order valence-electron chi connectivity index (χ2n) is 4.18.